The van der Waals surface area contributed by atoms with E-state index in [0.29, 0.717) is 11.8 Å². The molecule has 0 bridgehead atoms. The molecule has 1 fully saturated rings. The standard InChI is InChI=1S/C25H28N2O/c1-4-19-9-11-20(12-10-19)24-14-22(21-7-5-6-8-23(21)26-24)25(28)27-15-17(2)13-18(3)16-27/h5-12,14,17-18H,4,13,15-16H2,1-3H3. The number of para-hydroxylation sites is 1. The molecule has 1 saturated heterocycles. The molecule has 1 aliphatic rings. The lowest BCUT2D eigenvalue weighted by atomic mass is 9.91. The molecule has 1 amide bonds. The van der Waals surface area contributed by atoms with Crippen LogP contribution in [-0.2, 0) is 6.42 Å². The molecule has 28 heavy (non-hydrogen) atoms. The number of hydrogen-bond donors (Lipinski definition) is 0. The Morgan fingerprint density at radius 3 is 2.39 bits per heavy atom. The Kier molecular flexibility index (Phi) is 5.17. The average Bonchev–Trinajstić information content (AvgIpc) is 2.71. The topological polar surface area (TPSA) is 33.2 Å². The van der Waals surface area contributed by atoms with Crippen LogP contribution in [0.1, 0.15) is 43.1 Å². The molecule has 0 N–H and O–H groups in total. The van der Waals surface area contributed by atoms with Crippen molar-refractivity contribution in [1.29, 1.82) is 0 Å². The molecule has 0 saturated carbocycles. The van der Waals surface area contributed by atoms with Gasteiger partial charge >= 0.3 is 0 Å². The number of aryl methyl sites for hydroxylation is 1. The number of rotatable bonds is 3. The zero-order valence-corrected chi connectivity index (χ0v) is 17.0. The lowest BCUT2D eigenvalue weighted by molar-refractivity contribution is 0.0625. The lowest BCUT2D eigenvalue weighted by Crippen LogP contribution is -2.42. The summed E-state index contributed by atoms with van der Waals surface area (Å²) < 4.78 is 0. The number of aromatic nitrogens is 1. The summed E-state index contributed by atoms with van der Waals surface area (Å²) in [5, 5.41) is 0.937. The number of fused-ring (bicyclic) bond motifs is 1. The average molecular weight is 373 g/mol. The summed E-state index contributed by atoms with van der Waals surface area (Å²) in [4.78, 5) is 20.4. The quantitative estimate of drug-likeness (QED) is 0.601. The fourth-order valence-corrected chi connectivity index (χ4v) is 4.41. The van der Waals surface area contributed by atoms with Gasteiger partial charge in [-0.15, -0.1) is 0 Å². The van der Waals surface area contributed by atoms with E-state index in [0.717, 1.165) is 47.2 Å². The fraction of sp³-hybridized carbons (Fsp3) is 0.360. The number of carbonyl (C=O) groups is 1. The number of nitrogens with zero attached hydrogens (tertiary/aromatic N) is 2. The highest BCUT2D eigenvalue weighted by molar-refractivity contribution is 6.07. The normalized spacial score (nSPS) is 19.8. The first-order valence-corrected chi connectivity index (χ1v) is 10.3. The first kappa shape index (κ1) is 18.7. The second-order valence-corrected chi connectivity index (χ2v) is 8.28. The van der Waals surface area contributed by atoms with Gasteiger partial charge in [-0.25, -0.2) is 4.98 Å². The van der Waals surface area contributed by atoms with Crippen LogP contribution in [-0.4, -0.2) is 28.9 Å². The minimum Gasteiger partial charge on any atom is -0.338 e. The maximum atomic E-state index is 13.5. The fourth-order valence-electron chi connectivity index (χ4n) is 4.41. The molecule has 3 nitrogen and oxygen atoms in total. The van der Waals surface area contributed by atoms with Gasteiger partial charge in [0.1, 0.15) is 0 Å². The van der Waals surface area contributed by atoms with E-state index >= 15 is 0 Å². The van der Waals surface area contributed by atoms with Crippen LogP contribution in [0.4, 0.5) is 0 Å². The van der Waals surface area contributed by atoms with Gasteiger partial charge < -0.3 is 4.90 Å². The van der Waals surface area contributed by atoms with E-state index in [9.17, 15) is 4.79 Å². The van der Waals surface area contributed by atoms with Crippen molar-refractivity contribution in [3.8, 4) is 11.3 Å². The smallest absolute Gasteiger partial charge is 0.254 e. The summed E-state index contributed by atoms with van der Waals surface area (Å²) in [5.41, 5.74) is 4.86. The van der Waals surface area contributed by atoms with Gasteiger partial charge in [-0.05, 0) is 42.4 Å². The number of carbonyl (C=O) groups excluding carboxylic acids is 1. The van der Waals surface area contributed by atoms with Crippen molar-refractivity contribution in [3.63, 3.8) is 0 Å². The molecule has 1 aromatic heterocycles. The van der Waals surface area contributed by atoms with E-state index in [-0.39, 0.29) is 5.91 Å². The van der Waals surface area contributed by atoms with Gasteiger partial charge in [0.2, 0.25) is 0 Å². The second-order valence-electron chi connectivity index (χ2n) is 8.28. The summed E-state index contributed by atoms with van der Waals surface area (Å²) in [7, 11) is 0. The van der Waals surface area contributed by atoms with Crippen molar-refractivity contribution in [2.24, 2.45) is 11.8 Å². The zero-order valence-electron chi connectivity index (χ0n) is 17.0. The van der Waals surface area contributed by atoms with E-state index in [1.54, 1.807) is 0 Å². The largest absolute Gasteiger partial charge is 0.338 e. The number of benzene rings is 2. The first-order valence-electron chi connectivity index (χ1n) is 10.3. The van der Waals surface area contributed by atoms with E-state index < -0.39 is 0 Å². The van der Waals surface area contributed by atoms with Crippen molar-refractivity contribution in [3.05, 3.63) is 65.7 Å². The van der Waals surface area contributed by atoms with Crippen LogP contribution in [0.3, 0.4) is 0 Å². The van der Waals surface area contributed by atoms with E-state index in [1.807, 2.05) is 35.2 Å². The monoisotopic (exact) mass is 372 g/mol. The number of likely N-dealkylation sites (tertiary alicyclic amines) is 1. The summed E-state index contributed by atoms with van der Waals surface area (Å²) in [5.74, 6) is 1.21. The predicted octanol–water partition coefficient (Wildman–Crippen LogP) is 5.58. The maximum Gasteiger partial charge on any atom is 0.254 e. The third kappa shape index (κ3) is 3.66. The number of amides is 1. The van der Waals surface area contributed by atoms with Crippen molar-refractivity contribution < 1.29 is 4.79 Å². The van der Waals surface area contributed by atoms with Crippen LogP contribution in [0.25, 0.3) is 22.2 Å². The summed E-state index contributed by atoms with van der Waals surface area (Å²) in [6.45, 7) is 8.30. The van der Waals surface area contributed by atoms with Crippen molar-refractivity contribution in [1.82, 2.24) is 9.88 Å². The molecular weight excluding hydrogens is 344 g/mol. The van der Waals surface area contributed by atoms with Gasteiger partial charge in [-0.1, -0.05) is 63.2 Å². The minimum absolute atomic E-state index is 0.128. The van der Waals surface area contributed by atoms with Gasteiger partial charge in [-0.2, -0.15) is 0 Å². The Bertz CT molecular complexity index is 983. The molecule has 0 radical (unpaired) electrons. The van der Waals surface area contributed by atoms with E-state index in [1.165, 1.54) is 12.0 Å². The molecule has 1 aliphatic heterocycles. The highest BCUT2D eigenvalue weighted by atomic mass is 16.2. The number of pyridine rings is 1. The Hall–Kier alpha value is -2.68. The molecular formula is C25H28N2O. The van der Waals surface area contributed by atoms with Crippen molar-refractivity contribution in [2.45, 2.75) is 33.6 Å². The van der Waals surface area contributed by atoms with E-state index in [4.69, 9.17) is 4.98 Å². The van der Waals surface area contributed by atoms with Gasteiger partial charge in [-0.3, -0.25) is 4.79 Å². The Balaban J connectivity index is 1.79. The lowest BCUT2D eigenvalue weighted by Gasteiger charge is -2.35. The molecule has 2 atom stereocenters. The predicted molar refractivity (Wildman–Crippen MR) is 115 cm³/mol. The molecule has 0 spiro atoms. The van der Waals surface area contributed by atoms with Gasteiger partial charge in [0.15, 0.2) is 0 Å². The molecule has 4 rings (SSSR count). The molecule has 2 unspecified atom stereocenters. The summed E-state index contributed by atoms with van der Waals surface area (Å²) in [6, 6.07) is 18.5. The van der Waals surface area contributed by atoms with Crippen LogP contribution >= 0.6 is 0 Å². The second kappa shape index (κ2) is 7.75. The molecule has 144 valence electrons. The summed E-state index contributed by atoms with van der Waals surface area (Å²) >= 11 is 0. The summed E-state index contributed by atoms with van der Waals surface area (Å²) in [6.07, 6.45) is 2.20. The van der Waals surface area contributed by atoms with Crippen molar-refractivity contribution in [2.75, 3.05) is 13.1 Å². The van der Waals surface area contributed by atoms with Crippen LogP contribution in [0.15, 0.2) is 54.6 Å². The Labute approximate surface area is 167 Å². The van der Waals surface area contributed by atoms with Crippen LogP contribution in [0.5, 0.6) is 0 Å². The third-order valence-corrected chi connectivity index (χ3v) is 5.76. The zero-order chi connectivity index (χ0) is 19.7. The van der Waals surface area contributed by atoms with Gasteiger partial charge in [0.05, 0.1) is 16.8 Å². The molecule has 2 heterocycles. The van der Waals surface area contributed by atoms with Gasteiger partial charge in [0.25, 0.3) is 5.91 Å². The minimum atomic E-state index is 0.128. The highest BCUT2D eigenvalue weighted by Gasteiger charge is 2.27. The molecule has 3 heteroatoms. The van der Waals surface area contributed by atoms with Crippen LogP contribution in [0.2, 0.25) is 0 Å². The third-order valence-electron chi connectivity index (χ3n) is 5.76. The maximum absolute atomic E-state index is 13.5. The number of piperidine rings is 1. The number of hydrogen-bond acceptors (Lipinski definition) is 2. The molecule has 2 aromatic carbocycles. The molecule has 3 aromatic rings. The van der Waals surface area contributed by atoms with Crippen LogP contribution in [0, 0.1) is 11.8 Å². The SMILES string of the molecule is CCc1ccc(-c2cc(C(=O)N3CC(C)CC(C)C3)c3ccccc3n2)cc1. The highest BCUT2D eigenvalue weighted by Crippen LogP contribution is 2.28. The Morgan fingerprint density at radius 2 is 1.71 bits per heavy atom. The Morgan fingerprint density at radius 1 is 1.04 bits per heavy atom. The van der Waals surface area contributed by atoms with Crippen molar-refractivity contribution >= 4 is 16.8 Å². The van der Waals surface area contributed by atoms with Gasteiger partial charge in [0, 0.05) is 24.0 Å². The molecule has 0 aliphatic carbocycles. The van der Waals surface area contributed by atoms with E-state index in [2.05, 4.69) is 45.0 Å². The van der Waals surface area contributed by atoms with Crippen LogP contribution < -0.4 is 0 Å². The first-order chi connectivity index (χ1) is 13.5.